The number of methoxy groups -OCH3 is 1. The van der Waals surface area contributed by atoms with Crippen LogP contribution in [0.5, 0.6) is 5.75 Å². The molecule has 0 radical (unpaired) electrons. The number of nitrogens with zero attached hydrogens (tertiary/aromatic N) is 3. The molecule has 0 spiro atoms. The van der Waals surface area contributed by atoms with E-state index >= 15 is 0 Å². The van der Waals surface area contributed by atoms with Gasteiger partial charge in [-0.3, -0.25) is 4.98 Å². The maximum atomic E-state index is 5.41. The predicted octanol–water partition coefficient (Wildman–Crippen LogP) is 4.50. The lowest BCUT2D eigenvalue weighted by atomic mass is 10.2. The highest BCUT2D eigenvalue weighted by molar-refractivity contribution is 5.68. The van der Waals surface area contributed by atoms with Crippen molar-refractivity contribution in [1.29, 1.82) is 0 Å². The number of ether oxygens (including phenoxy) is 1. The summed E-state index contributed by atoms with van der Waals surface area (Å²) in [5, 5.41) is 6.66. The molecule has 0 aliphatic rings. The first-order valence-corrected chi connectivity index (χ1v) is 8.66. The van der Waals surface area contributed by atoms with Gasteiger partial charge in [-0.25, -0.2) is 4.98 Å². The summed E-state index contributed by atoms with van der Waals surface area (Å²) in [6, 6.07) is 15.6. The van der Waals surface area contributed by atoms with Crippen molar-refractivity contribution < 1.29 is 4.74 Å². The van der Waals surface area contributed by atoms with Gasteiger partial charge in [0.05, 0.1) is 24.2 Å². The van der Waals surface area contributed by atoms with E-state index in [2.05, 4.69) is 39.4 Å². The summed E-state index contributed by atoms with van der Waals surface area (Å²) in [7, 11) is 1.65. The van der Waals surface area contributed by atoms with Crippen LogP contribution in [0.2, 0.25) is 0 Å². The van der Waals surface area contributed by atoms with Crippen LogP contribution in [0.15, 0.2) is 54.7 Å². The van der Waals surface area contributed by atoms with Gasteiger partial charge >= 0.3 is 0 Å². The van der Waals surface area contributed by atoms with Gasteiger partial charge in [0.15, 0.2) is 0 Å². The highest BCUT2D eigenvalue weighted by Gasteiger charge is 2.11. The Morgan fingerprint density at radius 3 is 2.58 bits per heavy atom. The molecule has 1 atom stereocenters. The maximum Gasteiger partial charge on any atom is 0.225 e. The number of pyridine rings is 1. The zero-order valence-corrected chi connectivity index (χ0v) is 15.2. The number of para-hydroxylation sites is 2. The molecule has 0 aliphatic carbocycles. The number of anilines is 3. The lowest BCUT2D eigenvalue weighted by Crippen LogP contribution is -2.16. The summed E-state index contributed by atoms with van der Waals surface area (Å²) in [5.74, 6) is 2.00. The van der Waals surface area contributed by atoms with Gasteiger partial charge in [0.25, 0.3) is 0 Å². The van der Waals surface area contributed by atoms with Gasteiger partial charge in [-0.05, 0) is 37.6 Å². The molecule has 2 heterocycles. The monoisotopic (exact) mass is 349 g/mol. The van der Waals surface area contributed by atoms with Crippen molar-refractivity contribution in [2.45, 2.75) is 26.3 Å². The fourth-order valence-corrected chi connectivity index (χ4v) is 2.43. The molecule has 2 aromatic heterocycles. The van der Waals surface area contributed by atoms with Crippen LogP contribution in [-0.4, -0.2) is 28.1 Å². The van der Waals surface area contributed by atoms with E-state index < -0.39 is 0 Å². The van der Waals surface area contributed by atoms with Gasteiger partial charge in [0, 0.05) is 18.3 Å². The standard InChI is InChI=1S/C20H23N5O/c1-4-14(2)22-20-24-17(15-9-7-8-12-21-15)13-19(25-20)23-16-10-5-6-11-18(16)26-3/h5-14H,4H2,1-3H3,(H2,22,23,24,25)/t14-/m0/s1. The van der Waals surface area contributed by atoms with E-state index in [0.717, 1.165) is 29.2 Å². The van der Waals surface area contributed by atoms with Crippen LogP contribution in [0.1, 0.15) is 20.3 Å². The fraction of sp³-hybridized carbons (Fsp3) is 0.250. The molecule has 0 fully saturated rings. The van der Waals surface area contributed by atoms with Gasteiger partial charge < -0.3 is 15.4 Å². The van der Waals surface area contributed by atoms with Crippen molar-refractivity contribution >= 4 is 17.5 Å². The van der Waals surface area contributed by atoms with E-state index in [-0.39, 0.29) is 6.04 Å². The Bertz CT molecular complexity index is 854. The maximum absolute atomic E-state index is 5.41. The second kappa shape index (κ2) is 8.29. The van der Waals surface area contributed by atoms with Crippen LogP contribution >= 0.6 is 0 Å². The number of hydrogen-bond donors (Lipinski definition) is 2. The van der Waals surface area contributed by atoms with E-state index in [1.807, 2.05) is 48.5 Å². The average Bonchev–Trinajstić information content (AvgIpc) is 2.69. The third-order valence-electron chi connectivity index (χ3n) is 4.01. The van der Waals surface area contributed by atoms with Crippen LogP contribution < -0.4 is 15.4 Å². The van der Waals surface area contributed by atoms with Gasteiger partial charge in [-0.2, -0.15) is 4.98 Å². The Morgan fingerprint density at radius 2 is 1.85 bits per heavy atom. The third-order valence-corrected chi connectivity index (χ3v) is 4.01. The molecule has 0 bridgehead atoms. The third kappa shape index (κ3) is 4.27. The number of rotatable bonds is 7. The zero-order valence-electron chi connectivity index (χ0n) is 15.2. The molecule has 0 amide bonds. The molecule has 6 nitrogen and oxygen atoms in total. The van der Waals surface area contributed by atoms with Crippen LogP contribution in [0, 0.1) is 0 Å². The van der Waals surface area contributed by atoms with E-state index in [9.17, 15) is 0 Å². The Labute approximate surface area is 153 Å². The summed E-state index contributed by atoms with van der Waals surface area (Å²) >= 11 is 0. The summed E-state index contributed by atoms with van der Waals surface area (Å²) in [4.78, 5) is 13.6. The first kappa shape index (κ1) is 17.7. The van der Waals surface area contributed by atoms with E-state index in [1.165, 1.54) is 0 Å². The summed E-state index contributed by atoms with van der Waals surface area (Å²) < 4.78 is 5.41. The molecule has 1 aromatic carbocycles. The molecule has 3 aromatic rings. The number of nitrogens with one attached hydrogen (secondary N) is 2. The Balaban J connectivity index is 1.99. The van der Waals surface area contributed by atoms with Crippen LogP contribution in [0.25, 0.3) is 11.4 Å². The van der Waals surface area contributed by atoms with Crippen LogP contribution in [-0.2, 0) is 0 Å². The predicted molar refractivity (Wildman–Crippen MR) is 105 cm³/mol. The molecule has 26 heavy (non-hydrogen) atoms. The van der Waals surface area contributed by atoms with Crippen molar-refractivity contribution in [3.05, 3.63) is 54.7 Å². The Hall–Kier alpha value is -3.15. The largest absolute Gasteiger partial charge is 0.495 e. The summed E-state index contributed by atoms with van der Waals surface area (Å²) in [6.07, 6.45) is 2.74. The lowest BCUT2D eigenvalue weighted by molar-refractivity contribution is 0.417. The molecule has 0 saturated heterocycles. The van der Waals surface area contributed by atoms with Gasteiger partial charge in [0.2, 0.25) is 5.95 Å². The molecular weight excluding hydrogens is 326 g/mol. The minimum absolute atomic E-state index is 0.271. The van der Waals surface area contributed by atoms with E-state index in [4.69, 9.17) is 4.74 Å². The van der Waals surface area contributed by atoms with Crippen LogP contribution in [0.3, 0.4) is 0 Å². The van der Waals surface area contributed by atoms with Crippen molar-refractivity contribution in [2.75, 3.05) is 17.7 Å². The van der Waals surface area contributed by atoms with Crippen molar-refractivity contribution in [3.8, 4) is 17.1 Å². The van der Waals surface area contributed by atoms with E-state index in [1.54, 1.807) is 13.3 Å². The molecule has 0 aliphatic heterocycles. The number of aromatic nitrogens is 3. The summed E-state index contributed by atoms with van der Waals surface area (Å²) in [5.41, 5.74) is 2.39. The smallest absolute Gasteiger partial charge is 0.225 e. The van der Waals surface area contributed by atoms with Crippen molar-refractivity contribution in [3.63, 3.8) is 0 Å². The number of hydrogen-bond acceptors (Lipinski definition) is 6. The SMILES string of the molecule is CC[C@H](C)Nc1nc(Nc2ccccc2OC)cc(-c2ccccn2)n1. The Morgan fingerprint density at radius 1 is 1.04 bits per heavy atom. The molecule has 6 heteroatoms. The summed E-state index contributed by atoms with van der Waals surface area (Å²) in [6.45, 7) is 4.22. The minimum atomic E-state index is 0.271. The number of benzene rings is 1. The second-order valence-electron chi connectivity index (χ2n) is 5.96. The highest BCUT2D eigenvalue weighted by Crippen LogP contribution is 2.28. The minimum Gasteiger partial charge on any atom is -0.495 e. The normalized spacial score (nSPS) is 11.7. The van der Waals surface area contributed by atoms with E-state index in [0.29, 0.717) is 11.8 Å². The topological polar surface area (TPSA) is 72.0 Å². The highest BCUT2D eigenvalue weighted by atomic mass is 16.5. The van der Waals surface area contributed by atoms with Gasteiger partial charge in [0.1, 0.15) is 11.6 Å². The van der Waals surface area contributed by atoms with Gasteiger partial charge in [-0.1, -0.05) is 25.1 Å². The van der Waals surface area contributed by atoms with Crippen molar-refractivity contribution in [1.82, 2.24) is 15.0 Å². The fourth-order valence-electron chi connectivity index (χ4n) is 2.43. The molecule has 2 N–H and O–H groups in total. The quantitative estimate of drug-likeness (QED) is 0.654. The molecule has 0 saturated carbocycles. The van der Waals surface area contributed by atoms with Crippen LogP contribution in [0.4, 0.5) is 17.5 Å². The first-order valence-electron chi connectivity index (χ1n) is 8.66. The average molecular weight is 349 g/mol. The molecule has 3 rings (SSSR count). The lowest BCUT2D eigenvalue weighted by Gasteiger charge is -2.15. The second-order valence-corrected chi connectivity index (χ2v) is 5.96. The van der Waals surface area contributed by atoms with Crippen molar-refractivity contribution in [2.24, 2.45) is 0 Å². The van der Waals surface area contributed by atoms with Gasteiger partial charge in [-0.15, -0.1) is 0 Å². The molecular formula is C20H23N5O. The Kier molecular flexibility index (Phi) is 5.63. The zero-order chi connectivity index (χ0) is 18.4. The molecule has 134 valence electrons. The first-order chi connectivity index (χ1) is 12.7. The molecule has 0 unspecified atom stereocenters.